The first kappa shape index (κ1) is 20.9. The van der Waals surface area contributed by atoms with Crippen LogP contribution in [-0.4, -0.2) is 0 Å². The minimum atomic E-state index is 0.492. The molecule has 0 unspecified atom stereocenters. The monoisotopic (exact) mass is 380 g/mol. The number of benzene rings is 1. The molecule has 0 bridgehead atoms. The van der Waals surface area contributed by atoms with E-state index in [9.17, 15) is 0 Å². The van der Waals surface area contributed by atoms with Crippen molar-refractivity contribution in [2.45, 2.75) is 41.5 Å². The highest BCUT2D eigenvalue weighted by Gasteiger charge is 2.21. The van der Waals surface area contributed by atoms with Gasteiger partial charge in [0.25, 0.3) is 0 Å². The second-order valence-corrected chi connectivity index (χ2v) is 8.28. The van der Waals surface area contributed by atoms with Gasteiger partial charge < -0.3 is 0 Å². The first-order valence-electron chi connectivity index (χ1n) is 10.5. The van der Waals surface area contributed by atoms with Crippen molar-refractivity contribution in [1.82, 2.24) is 0 Å². The first-order valence-corrected chi connectivity index (χ1v) is 10.5. The van der Waals surface area contributed by atoms with Gasteiger partial charge in [0.1, 0.15) is 0 Å². The van der Waals surface area contributed by atoms with E-state index >= 15 is 0 Å². The minimum absolute atomic E-state index is 0.492. The smallest absolute Gasteiger partial charge is 0.0103 e. The van der Waals surface area contributed by atoms with Gasteiger partial charge in [-0.25, -0.2) is 0 Å². The fourth-order valence-electron chi connectivity index (χ4n) is 4.04. The molecular weight excluding hydrogens is 348 g/mol. The fourth-order valence-corrected chi connectivity index (χ4v) is 4.04. The van der Waals surface area contributed by atoms with Crippen molar-refractivity contribution < 1.29 is 0 Å². The van der Waals surface area contributed by atoms with Crippen molar-refractivity contribution in [3.63, 3.8) is 0 Å². The summed E-state index contributed by atoms with van der Waals surface area (Å²) in [7, 11) is 0. The third-order valence-electron chi connectivity index (χ3n) is 5.74. The molecule has 0 saturated carbocycles. The highest BCUT2D eigenvalue weighted by molar-refractivity contribution is 5.69. The maximum absolute atomic E-state index is 2.41. The van der Waals surface area contributed by atoms with Crippen LogP contribution in [0.2, 0.25) is 0 Å². The van der Waals surface area contributed by atoms with Crippen molar-refractivity contribution >= 4 is 6.08 Å². The number of hydrogen-bond donors (Lipinski definition) is 0. The van der Waals surface area contributed by atoms with E-state index in [1.807, 2.05) is 6.07 Å². The minimum Gasteiger partial charge on any atom is -0.0622 e. The molecule has 0 radical (unpaired) electrons. The van der Waals surface area contributed by atoms with Gasteiger partial charge in [0.2, 0.25) is 0 Å². The van der Waals surface area contributed by atoms with Gasteiger partial charge in [0.15, 0.2) is 0 Å². The average molecular weight is 381 g/mol. The van der Waals surface area contributed by atoms with Crippen LogP contribution in [0.4, 0.5) is 0 Å². The molecule has 0 spiro atoms. The van der Waals surface area contributed by atoms with Gasteiger partial charge in [-0.15, -0.1) is 0 Å². The Morgan fingerprint density at radius 3 is 2.14 bits per heavy atom. The summed E-state index contributed by atoms with van der Waals surface area (Å²) in [4.78, 5) is 0. The third kappa shape index (κ3) is 4.77. The molecule has 0 saturated heterocycles. The van der Waals surface area contributed by atoms with E-state index < -0.39 is 0 Å². The van der Waals surface area contributed by atoms with E-state index in [0.717, 1.165) is 0 Å². The molecule has 1 aromatic carbocycles. The van der Waals surface area contributed by atoms with Crippen LogP contribution < -0.4 is 0 Å². The Kier molecular flexibility index (Phi) is 6.54. The lowest BCUT2D eigenvalue weighted by Gasteiger charge is -2.16. The zero-order chi connectivity index (χ0) is 21.0. The van der Waals surface area contributed by atoms with Crippen molar-refractivity contribution in [1.29, 1.82) is 0 Å². The Bertz CT molecular complexity index is 1020. The topological polar surface area (TPSA) is 0 Å². The lowest BCUT2D eigenvalue weighted by Crippen LogP contribution is -1.99. The molecule has 0 fully saturated rings. The van der Waals surface area contributed by atoms with Crippen LogP contribution in [0.15, 0.2) is 117 Å². The van der Waals surface area contributed by atoms with Gasteiger partial charge in [0.05, 0.1) is 0 Å². The summed E-state index contributed by atoms with van der Waals surface area (Å²) >= 11 is 0. The van der Waals surface area contributed by atoms with E-state index in [-0.39, 0.29) is 0 Å². The highest BCUT2D eigenvalue weighted by Crippen LogP contribution is 2.39. The summed E-state index contributed by atoms with van der Waals surface area (Å²) in [5, 5.41) is 0. The average Bonchev–Trinajstić information content (AvgIpc) is 2.89. The van der Waals surface area contributed by atoms with Crippen LogP contribution in [-0.2, 0) is 0 Å². The standard InChI is InChI=1S/C29H32/c1-20(2)27-19-28-26(15-11-10-14-25-12-8-7-9-13-25)17-16-21(3)24(6)29(28)23(5)18-22(27)4/h7-20H,1-6H3/b14-10+,15-11+. The van der Waals surface area contributed by atoms with Gasteiger partial charge in [-0.2, -0.15) is 0 Å². The zero-order valence-electron chi connectivity index (χ0n) is 18.6. The molecule has 0 atom stereocenters. The van der Waals surface area contributed by atoms with Gasteiger partial charge >= 0.3 is 0 Å². The normalized spacial score (nSPS) is 17.9. The van der Waals surface area contributed by atoms with Crippen LogP contribution in [0, 0.1) is 5.92 Å². The van der Waals surface area contributed by atoms with E-state index in [2.05, 4.69) is 114 Å². The highest BCUT2D eigenvalue weighted by atomic mass is 14.2. The number of allylic oxidation sites excluding steroid dienone is 15. The predicted octanol–water partition coefficient (Wildman–Crippen LogP) is 8.32. The molecule has 0 aromatic heterocycles. The quantitative estimate of drug-likeness (QED) is 0.461. The fraction of sp³-hybridized carbons (Fsp3) is 0.241. The van der Waals surface area contributed by atoms with Crippen LogP contribution >= 0.6 is 0 Å². The maximum Gasteiger partial charge on any atom is -0.0103 e. The van der Waals surface area contributed by atoms with Crippen LogP contribution in [0.3, 0.4) is 0 Å². The molecule has 0 amide bonds. The van der Waals surface area contributed by atoms with Crippen LogP contribution in [0.1, 0.15) is 47.1 Å². The number of fused-ring (bicyclic) bond motifs is 1. The summed E-state index contributed by atoms with van der Waals surface area (Å²) in [6, 6.07) is 10.4. The Hall–Kier alpha value is -2.86. The SMILES string of the molecule is CC1=CC=C(/C=C/C=C/c2ccccc2)C2=CC(C(C)C)=C(C)C=C(C)C2=C1C. The molecule has 0 nitrogen and oxygen atoms in total. The Morgan fingerprint density at radius 2 is 1.45 bits per heavy atom. The Morgan fingerprint density at radius 1 is 0.759 bits per heavy atom. The van der Waals surface area contributed by atoms with E-state index in [4.69, 9.17) is 0 Å². The molecule has 2 aliphatic carbocycles. The van der Waals surface area contributed by atoms with Gasteiger partial charge in [0, 0.05) is 0 Å². The second kappa shape index (κ2) is 9.09. The molecule has 148 valence electrons. The van der Waals surface area contributed by atoms with Gasteiger partial charge in [-0.1, -0.05) is 92.8 Å². The molecule has 29 heavy (non-hydrogen) atoms. The number of rotatable bonds is 4. The molecule has 0 aliphatic heterocycles. The predicted molar refractivity (Wildman–Crippen MR) is 129 cm³/mol. The van der Waals surface area contributed by atoms with Gasteiger partial charge in [-0.05, 0) is 83.8 Å². The Balaban J connectivity index is 2.05. The molecule has 0 N–H and O–H groups in total. The van der Waals surface area contributed by atoms with Crippen LogP contribution in [0.5, 0.6) is 0 Å². The van der Waals surface area contributed by atoms with Crippen molar-refractivity contribution in [2.24, 2.45) is 5.92 Å². The summed E-state index contributed by atoms with van der Waals surface area (Å²) in [6.45, 7) is 13.5. The van der Waals surface area contributed by atoms with Gasteiger partial charge in [-0.3, -0.25) is 0 Å². The second-order valence-electron chi connectivity index (χ2n) is 8.28. The maximum atomic E-state index is 2.41. The van der Waals surface area contributed by atoms with Crippen molar-refractivity contribution in [3.8, 4) is 0 Å². The summed E-state index contributed by atoms with van der Waals surface area (Å²) < 4.78 is 0. The third-order valence-corrected chi connectivity index (χ3v) is 5.74. The summed E-state index contributed by atoms with van der Waals surface area (Å²) in [5.74, 6) is 0.492. The van der Waals surface area contributed by atoms with Crippen LogP contribution in [0.25, 0.3) is 6.08 Å². The number of hydrogen-bond acceptors (Lipinski definition) is 0. The molecule has 0 heterocycles. The lowest BCUT2D eigenvalue weighted by molar-refractivity contribution is 0.783. The molecule has 1 aromatic rings. The Labute approximate surface area is 176 Å². The van der Waals surface area contributed by atoms with E-state index in [1.54, 1.807) is 0 Å². The summed E-state index contributed by atoms with van der Waals surface area (Å²) in [6.07, 6.45) is 17.9. The molecular formula is C29H32. The lowest BCUT2D eigenvalue weighted by atomic mass is 9.88. The van der Waals surface area contributed by atoms with E-state index in [1.165, 1.54) is 50.1 Å². The van der Waals surface area contributed by atoms with E-state index in [0.29, 0.717) is 5.92 Å². The first-order chi connectivity index (χ1) is 13.9. The summed E-state index contributed by atoms with van der Waals surface area (Å²) in [5.41, 5.74) is 12.0. The van der Waals surface area contributed by atoms with Crippen molar-refractivity contribution in [2.75, 3.05) is 0 Å². The zero-order valence-corrected chi connectivity index (χ0v) is 18.6. The molecule has 0 heteroatoms. The molecule has 2 aliphatic rings. The van der Waals surface area contributed by atoms with Crippen molar-refractivity contribution in [3.05, 3.63) is 123 Å². The largest absolute Gasteiger partial charge is 0.0622 e. The molecule has 3 rings (SSSR count).